The molecule has 0 aliphatic rings. The summed E-state index contributed by atoms with van der Waals surface area (Å²) in [6.07, 6.45) is 0. The Morgan fingerprint density at radius 3 is 2.36 bits per heavy atom. The summed E-state index contributed by atoms with van der Waals surface area (Å²) in [5.41, 5.74) is 2.51. The highest BCUT2D eigenvalue weighted by Gasteiger charge is 2.15. The highest BCUT2D eigenvalue weighted by molar-refractivity contribution is 7.80. The Bertz CT molecular complexity index is 1330. The molecule has 0 fully saturated rings. The van der Waals surface area contributed by atoms with Crippen LogP contribution in [-0.4, -0.2) is 15.0 Å². The molecule has 0 spiro atoms. The van der Waals surface area contributed by atoms with Gasteiger partial charge in [0.2, 0.25) is 0 Å². The third-order valence-electron chi connectivity index (χ3n) is 4.30. The third kappa shape index (κ3) is 5.75. The lowest BCUT2D eigenvalue weighted by molar-refractivity contribution is -0.384. The van der Waals surface area contributed by atoms with E-state index < -0.39 is 4.92 Å². The minimum Gasteiger partial charge on any atom is -0.332 e. The molecule has 8 nitrogen and oxygen atoms in total. The summed E-state index contributed by atoms with van der Waals surface area (Å²) in [6, 6.07) is 23.1. The number of hydrogen-bond acceptors (Lipinski definition) is 7. The van der Waals surface area contributed by atoms with Crippen LogP contribution in [0.4, 0.5) is 27.2 Å². The highest BCUT2D eigenvalue weighted by Crippen LogP contribution is 2.40. The number of halogens is 1. The summed E-state index contributed by atoms with van der Waals surface area (Å²) in [7, 11) is 0. The van der Waals surface area contributed by atoms with Crippen LogP contribution in [0.25, 0.3) is 11.3 Å². The first-order chi connectivity index (χ1) is 16.0. The lowest BCUT2D eigenvalue weighted by atomic mass is 10.2. The normalized spacial score (nSPS) is 10.8. The zero-order valence-corrected chi connectivity index (χ0v) is 19.2. The average molecular weight is 495 g/mol. The topological polar surface area (TPSA) is 105 Å². The van der Waals surface area contributed by atoms with E-state index in [2.05, 4.69) is 25.8 Å². The summed E-state index contributed by atoms with van der Waals surface area (Å²) >= 11 is 12.8. The molecule has 0 unspecified atom stereocenters. The van der Waals surface area contributed by atoms with Crippen LogP contribution < -0.4 is 10.6 Å². The molecule has 33 heavy (non-hydrogen) atoms. The lowest BCUT2D eigenvalue weighted by Crippen LogP contribution is -2.18. The Balaban J connectivity index is 1.61. The third-order valence-corrected chi connectivity index (χ3v) is 5.66. The molecule has 2 N–H and O–H groups in total. The smallest absolute Gasteiger partial charge is 0.271 e. The molecule has 0 saturated heterocycles. The minimum atomic E-state index is -0.520. The molecule has 1 aromatic heterocycles. The van der Waals surface area contributed by atoms with Crippen molar-refractivity contribution in [1.82, 2.24) is 4.98 Å². The van der Waals surface area contributed by atoms with Crippen molar-refractivity contribution in [3.63, 3.8) is 0 Å². The monoisotopic (exact) mass is 494 g/mol. The van der Waals surface area contributed by atoms with Crippen molar-refractivity contribution in [1.29, 1.82) is 0 Å². The molecular weight excluding hydrogens is 480 g/mol. The van der Waals surface area contributed by atoms with Crippen LogP contribution >= 0.6 is 35.2 Å². The Morgan fingerprint density at radius 2 is 1.70 bits per heavy atom. The lowest BCUT2D eigenvalue weighted by Gasteiger charge is -2.07. The molecule has 164 valence electrons. The number of nitrogens with zero attached hydrogens (tertiary/aromatic N) is 4. The second-order valence-corrected chi connectivity index (χ2v) is 8.37. The van der Waals surface area contributed by atoms with E-state index in [0.29, 0.717) is 26.6 Å². The summed E-state index contributed by atoms with van der Waals surface area (Å²) in [5, 5.41) is 27.2. The van der Waals surface area contributed by atoms with E-state index in [1.165, 1.54) is 29.5 Å². The number of nitro benzene ring substituents is 1. The Labute approximate surface area is 203 Å². The summed E-state index contributed by atoms with van der Waals surface area (Å²) in [6.45, 7) is 0. The second-order valence-electron chi connectivity index (χ2n) is 6.58. The Kier molecular flexibility index (Phi) is 6.98. The molecule has 11 heteroatoms. The Hall–Kier alpha value is -3.73. The number of nitrogens with one attached hydrogen (secondary N) is 2. The standard InChI is InChI=1S/C22H15ClN6O2S2/c23-17-13-16(29(30)31)11-12-18(17)27-28-20-19(14-7-3-1-4-8-14)25-22(33-20)26-21(32)24-15-9-5-2-6-10-15/h1-13H,(H2,24,25,26,32). The number of thiazole rings is 1. The predicted octanol–water partition coefficient (Wildman–Crippen LogP) is 7.60. The molecule has 0 amide bonds. The van der Waals surface area contributed by atoms with Crippen LogP contribution in [0.2, 0.25) is 5.02 Å². The minimum absolute atomic E-state index is 0.118. The fraction of sp³-hybridized carbons (Fsp3) is 0. The summed E-state index contributed by atoms with van der Waals surface area (Å²) in [5.74, 6) is 0. The Morgan fingerprint density at radius 1 is 1.00 bits per heavy atom. The number of azo groups is 1. The van der Waals surface area contributed by atoms with E-state index in [4.69, 9.17) is 23.8 Å². The van der Waals surface area contributed by atoms with Crippen molar-refractivity contribution in [3.05, 3.63) is 94.0 Å². The maximum atomic E-state index is 10.9. The van der Waals surface area contributed by atoms with Crippen LogP contribution in [0.5, 0.6) is 0 Å². The number of non-ortho nitro benzene ring substituents is 1. The van der Waals surface area contributed by atoms with Crippen LogP contribution in [-0.2, 0) is 0 Å². The number of aromatic nitrogens is 1. The largest absolute Gasteiger partial charge is 0.332 e. The van der Waals surface area contributed by atoms with Crippen LogP contribution in [0.1, 0.15) is 0 Å². The highest BCUT2D eigenvalue weighted by atomic mass is 35.5. The van der Waals surface area contributed by atoms with Crippen LogP contribution in [0.15, 0.2) is 89.1 Å². The molecule has 0 saturated carbocycles. The van der Waals surface area contributed by atoms with E-state index >= 15 is 0 Å². The predicted molar refractivity (Wildman–Crippen MR) is 136 cm³/mol. The van der Waals surface area contributed by atoms with Crippen molar-refractivity contribution in [2.75, 3.05) is 10.6 Å². The molecule has 0 radical (unpaired) electrons. The molecular formula is C22H15ClN6O2S2. The van der Waals surface area contributed by atoms with Gasteiger partial charge in [-0.15, -0.1) is 10.2 Å². The van der Waals surface area contributed by atoms with Crippen molar-refractivity contribution < 1.29 is 4.92 Å². The van der Waals surface area contributed by atoms with Gasteiger partial charge in [-0.3, -0.25) is 10.1 Å². The molecule has 0 atom stereocenters. The number of nitro groups is 1. The van der Waals surface area contributed by atoms with E-state index in [1.54, 1.807) is 0 Å². The first kappa shape index (κ1) is 22.5. The fourth-order valence-electron chi connectivity index (χ4n) is 2.79. The van der Waals surface area contributed by atoms with Gasteiger partial charge >= 0.3 is 0 Å². The van der Waals surface area contributed by atoms with Gasteiger partial charge in [0.25, 0.3) is 5.69 Å². The van der Waals surface area contributed by atoms with Gasteiger partial charge in [0.1, 0.15) is 11.4 Å². The first-order valence-electron chi connectivity index (χ1n) is 9.54. The van der Waals surface area contributed by atoms with Crippen molar-refractivity contribution in [2.24, 2.45) is 10.2 Å². The average Bonchev–Trinajstić information content (AvgIpc) is 3.21. The van der Waals surface area contributed by atoms with Crippen LogP contribution in [0.3, 0.4) is 0 Å². The first-order valence-corrected chi connectivity index (χ1v) is 11.1. The molecule has 3 aromatic carbocycles. The van der Waals surface area contributed by atoms with Crippen molar-refractivity contribution in [2.45, 2.75) is 0 Å². The van der Waals surface area contributed by atoms with E-state index in [0.717, 1.165) is 11.3 Å². The van der Waals surface area contributed by atoms with Gasteiger partial charge in [-0.2, -0.15) is 0 Å². The SMILES string of the molecule is O=[N+]([O-])c1ccc(N=Nc2sc(NC(=S)Nc3ccccc3)nc2-c2ccccc2)c(Cl)c1. The number of anilines is 2. The van der Waals surface area contributed by atoms with E-state index in [9.17, 15) is 10.1 Å². The molecule has 4 rings (SSSR count). The molecule has 0 bridgehead atoms. The van der Waals surface area contributed by atoms with Gasteiger partial charge < -0.3 is 10.6 Å². The van der Waals surface area contributed by atoms with Gasteiger partial charge in [0.15, 0.2) is 15.2 Å². The summed E-state index contributed by atoms with van der Waals surface area (Å²) < 4.78 is 0. The number of rotatable bonds is 6. The fourth-order valence-corrected chi connectivity index (χ4v) is 4.09. The second kappa shape index (κ2) is 10.3. The zero-order valence-electron chi connectivity index (χ0n) is 16.8. The number of hydrogen-bond donors (Lipinski definition) is 2. The zero-order chi connectivity index (χ0) is 23.2. The number of thiocarbonyl (C=S) groups is 1. The van der Waals surface area contributed by atoms with Gasteiger partial charge in [-0.05, 0) is 30.4 Å². The molecule has 0 aliphatic heterocycles. The van der Waals surface area contributed by atoms with E-state index in [1.807, 2.05) is 60.7 Å². The number of benzene rings is 3. The van der Waals surface area contributed by atoms with Crippen molar-refractivity contribution in [3.8, 4) is 11.3 Å². The maximum Gasteiger partial charge on any atom is 0.271 e. The maximum absolute atomic E-state index is 10.9. The van der Waals surface area contributed by atoms with Gasteiger partial charge in [-0.1, -0.05) is 71.5 Å². The van der Waals surface area contributed by atoms with Gasteiger partial charge in [0.05, 0.1) is 9.95 Å². The molecule has 0 aliphatic carbocycles. The quantitative estimate of drug-likeness (QED) is 0.124. The van der Waals surface area contributed by atoms with Crippen molar-refractivity contribution >= 4 is 67.5 Å². The summed E-state index contributed by atoms with van der Waals surface area (Å²) in [4.78, 5) is 15.0. The van der Waals surface area contributed by atoms with Gasteiger partial charge in [-0.25, -0.2) is 4.98 Å². The number of para-hydroxylation sites is 1. The molecule has 1 heterocycles. The van der Waals surface area contributed by atoms with E-state index in [-0.39, 0.29) is 10.7 Å². The molecule has 4 aromatic rings. The van der Waals surface area contributed by atoms with Crippen LogP contribution in [0, 0.1) is 10.1 Å². The van der Waals surface area contributed by atoms with Gasteiger partial charge in [0, 0.05) is 23.4 Å².